The maximum Gasteiger partial charge on any atom is 0.308 e. The second-order valence-electron chi connectivity index (χ2n) is 17.0. The van der Waals surface area contributed by atoms with Crippen molar-refractivity contribution in [1.29, 1.82) is 0 Å². The van der Waals surface area contributed by atoms with E-state index < -0.39 is 0 Å². The molecule has 0 aromatic heterocycles. The number of rotatable bonds is 15. The second-order valence-corrected chi connectivity index (χ2v) is 17.0. The molecule has 1 spiro atoms. The summed E-state index contributed by atoms with van der Waals surface area (Å²) in [5.41, 5.74) is 6.08. The molecule has 4 aromatic rings. The molecule has 54 heavy (non-hydrogen) atoms. The third-order valence-electron chi connectivity index (χ3n) is 13.7. The highest BCUT2D eigenvalue weighted by Crippen LogP contribution is 2.66. The minimum Gasteiger partial charge on any atom is -0.508 e. The van der Waals surface area contributed by atoms with Gasteiger partial charge in [0.15, 0.2) is 11.5 Å². The van der Waals surface area contributed by atoms with E-state index >= 15 is 0 Å². The third kappa shape index (κ3) is 6.74. The SMILES string of the molecule is CC(=O)Oc1cc(O)c2c3c1O[C@H]1[C@@H](N(CCCCCCc4ccccc4)CC(c4ccccc4)c4ccccc4)CC[C@H]4[C@@H](C2)N(CC2CC2)CC[C@@]341. The highest BCUT2D eigenvalue weighted by molar-refractivity contribution is 5.73. The van der Waals surface area contributed by atoms with Gasteiger partial charge in [-0.2, -0.15) is 0 Å². The lowest BCUT2D eigenvalue weighted by Gasteiger charge is -2.60. The van der Waals surface area contributed by atoms with Gasteiger partial charge >= 0.3 is 5.97 Å². The van der Waals surface area contributed by atoms with Crippen LogP contribution in [0.2, 0.25) is 0 Å². The number of carbonyl (C=O) groups is 1. The molecule has 5 aliphatic rings. The molecule has 0 unspecified atom stereocenters. The number of hydrogen-bond donors (Lipinski definition) is 1. The number of phenolic OH excluding ortho intramolecular Hbond substituents is 1. The van der Waals surface area contributed by atoms with Gasteiger partial charge in [0.25, 0.3) is 0 Å². The Balaban J connectivity index is 1.06. The van der Waals surface area contributed by atoms with Crippen LogP contribution >= 0.6 is 0 Å². The fraction of sp³-hybridized carbons (Fsp3) is 0.479. The Labute approximate surface area is 321 Å². The van der Waals surface area contributed by atoms with Crippen LogP contribution in [0.25, 0.3) is 0 Å². The van der Waals surface area contributed by atoms with Crippen molar-refractivity contribution >= 4 is 5.97 Å². The fourth-order valence-corrected chi connectivity index (χ4v) is 11.2. The van der Waals surface area contributed by atoms with Gasteiger partial charge in [0.05, 0.1) is 0 Å². The van der Waals surface area contributed by atoms with Crippen molar-refractivity contribution in [2.24, 2.45) is 11.8 Å². The number of likely N-dealkylation sites (tertiary alicyclic amines) is 1. The van der Waals surface area contributed by atoms with E-state index in [1.807, 2.05) is 0 Å². The molecule has 6 heteroatoms. The van der Waals surface area contributed by atoms with Gasteiger partial charge in [-0.15, -0.1) is 0 Å². The summed E-state index contributed by atoms with van der Waals surface area (Å²) >= 11 is 0. The molecule has 5 atom stereocenters. The maximum atomic E-state index is 12.4. The molecule has 0 amide bonds. The summed E-state index contributed by atoms with van der Waals surface area (Å²) in [7, 11) is 0. The highest BCUT2D eigenvalue weighted by atomic mass is 16.6. The van der Waals surface area contributed by atoms with Crippen LogP contribution in [0.15, 0.2) is 97.1 Å². The molecule has 1 saturated heterocycles. The molecule has 4 aromatic carbocycles. The van der Waals surface area contributed by atoms with Crippen LogP contribution in [-0.4, -0.2) is 65.2 Å². The topological polar surface area (TPSA) is 62.2 Å². The van der Waals surface area contributed by atoms with Crippen LogP contribution in [0.4, 0.5) is 0 Å². The lowest BCUT2D eigenvalue weighted by molar-refractivity contribution is -0.132. The quantitative estimate of drug-likeness (QED) is 0.0750. The molecule has 2 saturated carbocycles. The van der Waals surface area contributed by atoms with Crippen molar-refractivity contribution in [3.63, 3.8) is 0 Å². The standard InChI is InChI=1S/C48H56N2O4/c1-33(51)53-44-30-43(52)38-29-42-40-24-25-41(47-48(40,45(38)46(44)54-47)26-28-50(42)31-35-22-23-35)49(27-14-3-2-7-15-34-16-8-4-9-17-34)32-39(36-18-10-5-11-19-36)37-20-12-6-13-21-37/h4-6,8-13,16-21,30,35,39-42,47,52H,2-3,7,14-15,22-29,31-32H2,1H3/t40-,41-,42+,47-,48-/m0/s1. The number of hydrogen-bond acceptors (Lipinski definition) is 6. The number of nitrogens with zero attached hydrogens (tertiary/aromatic N) is 2. The molecule has 2 bridgehead atoms. The van der Waals surface area contributed by atoms with Crippen molar-refractivity contribution in [2.45, 2.75) is 107 Å². The van der Waals surface area contributed by atoms with E-state index in [2.05, 4.69) is 101 Å². The largest absolute Gasteiger partial charge is 0.508 e. The van der Waals surface area contributed by atoms with Crippen molar-refractivity contribution < 1.29 is 19.4 Å². The number of esters is 1. The predicted molar refractivity (Wildman–Crippen MR) is 213 cm³/mol. The number of unbranched alkanes of at least 4 members (excludes halogenated alkanes) is 3. The summed E-state index contributed by atoms with van der Waals surface area (Å²) < 4.78 is 13.2. The number of aryl methyl sites for hydroxylation is 1. The number of piperidine rings is 1. The Morgan fingerprint density at radius 3 is 2.28 bits per heavy atom. The van der Waals surface area contributed by atoms with Crippen molar-refractivity contribution in [2.75, 3.05) is 26.2 Å². The van der Waals surface area contributed by atoms with E-state index in [9.17, 15) is 9.90 Å². The maximum absolute atomic E-state index is 12.4. The average Bonchev–Trinajstić information content (AvgIpc) is 3.95. The van der Waals surface area contributed by atoms with Gasteiger partial charge in [-0.3, -0.25) is 14.6 Å². The van der Waals surface area contributed by atoms with E-state index in [0.29, 0.717) is 17.7 Å². The van der Waals surface area contributed by atoms with Crippen LogP contribution in [0.1, 0.15) is 98.4 Å². The van der Waals surface area contributed by atoms with Crippen LogP contribution in [-0.2, 0) is 23.1 Å². The van der Waals surface area contributed by atoms with Crippen molar-refractivity contribution in [1.82, 2.24) is 9.80 Å². The molecule has 1 N–H and O–H groups in total. The molecule has 3 aliphatic carbocycles. The van der Waals surface area contributed by atoms with Crippen LogP contribution in [0, 0.1) is 11.8 Å². The first-order valence-corrected chi connectivity index (χ1v) is 20.9. The minimum atomic E-state index is -0.384. The number of aromatic hydroxyl groups is 1. The zero-order valence-corrected chi connectivity index (χ0v) is 31.9. The number of benzene rings is 4. The Hall–Kier alpha value is -4.13. The van der Waals surface area contributed by atoms with Crippen LogP contribution in [0.5, 0.6) is 17.2 Å². The molecular weight excluding hydrogens is 669 g/mol. The Kier molecular flexibility index (Phi) is 10.0. The summed E-state index contributed by atoms with van der Waals surface area (Å²) in [5, 5.41) is 11.6. The monoisotopic (exact) mass is 724 g/mol. The van der Waals surface area contributed by atoms with Gasteiger partial charge in [-0.25, -0.2) is 0 Å². The molecule has 282 valence electrons. The third-order valence-corrected chi connectivity index (χ3v) is 13.7. The van der Waals surface area contributed by atoms with E-state index in [1.54, 1.807) is 6.07 Å². The summed E-state index contributed by atoms with van der Waals surface area (Å²) in [5.74, 6) is 2.47. The molecular formula is C48H56N2O4. The molecule has 2 heterocycles. The fourth-order valence-electron chi connectivity index (χ4n) is 11.2. The molecule has 9 rings (SSSR count). The normalized spacial score (nSPS) is 25.4. The van der Waals surface area contributed by atoms with Gasteiger partial charge in [-0.1, -0.05) is 104 Å². The van der Waals surface area contributed by atoms with Gasteiger partial charge in [0, 0.05) is 60.6 Å². The van der Waals surface area contributed by atoms with Gasteiger partial charge < -0.3 is 14.6 Å². The van der Waals surface area contributed by atoms with E-state index in [0.717, 1.165) is 81.0 Å². The predicted octanol–water partition coefficient (Wildman–Crippen LogP) is 9.07. The van der Waals surface area contributed by atoms with Crippen molar-refractivity contribution in [3.05, 3.63) is 125 Å². The Morgan fingerprint density at radius 2 is 1.59 bits per heavy atom. The van der Waals surface area contributed by atoms with Gasteiger partial charge in [0.1, 0.15) is 11.9 Å². The average molecular weight is 725 g/mol. The van der Waals surface area contributed by atoms with E-state index in [4.69, 9.17) is 9.47 Å². The summed E-state index contributed by atoms with van der Waals surface area (Å²) in [4.78, 5) is 18.0. The lowest BCUT2D eigenvalue weighted by atomic mass is 9.50. The van der Waals surface area contributed by atoms with Gasteiger partial charge in [0.2, 0.25) is 0 Å². The zero-order valence-electron chi connectivity index (χ0n) is 31.9. The summed E-state index contributed by atoms with van der Waals surface area (Å²) in [6.07, 6.45) is 12.6. The number of phenols is 1. The molecule has 6 nitrogen and oxygen atoms in total. The molecule has 0 radical (unpaired) electrons. The highest BCUT2D eigenvalue weighted by Gasteiger charge is 2.67. The Bertz CT molecular complexity index is 1870. The van der Waals surface area contributed by atoms with E-state index in [-0.39, 0.29) is 35.2 Å². The number of carbonyl (C=O) groups excluding carboxylic acids is 1. The minimum absolute atomic E-state index is 0.0720. The lowest BCUT2D eigenvalue weighted by Crippen LogP contribution is -2.69. The summed E-state index contributed by atoms with van der Waals surface area (Å²) in [6, 6.07) is 35.2. The number of ether oxygens (including phenoxy) is 2. The smallest absolute Gasteiger partial charge is 0.308 e. The zero-order chi connectivity index (χ0) is 36.6. The van der Waals surface area contributed by atoms with Gasteiger partial charge in [-0.05, 0) is 99.4 Å². The van der Waals surface area contributed by atoms with E-state index in [1.165, 1.54) is 62.3 Å². The summed E-state index contributed by atoms with van der Waals surface area (Å²) in [6.45, 7) is 5.59. The molecule has 3 fully saturated rings. The van der Waals surface area contributed by atoms with Crippen LogP contribution in [0.3, 0.4) is 0 Å². The molecule has 2 aliphatic heterocycles. The Morgan fingerprint density at radius 1 is 0.907 bits per heavy atom. The first kappa shape index (κ1) is 35.6. The first-order valence-electron chi connectivity index (χ1n) is 20.9. The van der Waals surface area contributed by atoms with Crippen molar-refractivity contribution in [3.8, 4) is 17.2 Å². The van der Waals surface area contributed by atoms with Crippen LogP contribution < -0.4 is 9.47 Å². The first-order chi connectivity index (χ1) is 26.5. The second kappa shape index (κ2) is 15.2.